The summed E-state index contributed by atoms with van der Waals surface area (Å²) >= 11 is 6.34. The smallest absolute Gasteiger partial charge is 0.266 e. The van der Waals surface area contributed by atoms with E-state index in [0.717, 1.165) is 22.1 Å². The summed E-state index contributed by atoms with van der Waals surface area (Å²) in [7, 11) is 1.62. The van der Waals surface area contributed by atoms with Crippen LogP contribution in [0.15, 0.2) is 41.3 Å². The topological polar surface area (TPSA) is 69.7 Å². The average molecular weight is 372 g/mol. The van der Waals surface area contributed by atoms with Gasteiger partial charge in [-0.15, -0.1) is 0 Å². The van der Waals surface area contributed by atoms with Crippen LogP contribution in [0.1, 0.15) is 12.0 Å². The first-order valence-electron chi connectivity index (χ1n) is 7.51. The predicted octanol–water partition coefficient (Wildman–Crippen LogP) is 2.19. The molecular formula is C18H14NO4S2-. The Morgan fingerprint density at radius 1 is 1.28 bits per heavy atom. The minimum absolute atomic E-state index is 0.0296. The number of fused-ring (bicyclic) bond motifs is 1. The van der Waals surface area contributed by atoms with Crippen LogP contribution >= 0.6 is 24.0 Å². The highest BCUT2D eigenvalue weighted by atomic mass is 32.2. The number of carboxylic acids is 1. The number of carboxylic acid groups (broad SMARTS) is 1. The number of thioether (sulfide) groups is 1. The van der Waals surface area contributed by atoms with Crippen molar-refractivity contribution in [2.24, 2.45) is 0 Å². The lowest BCUT2D eigenvalue weighted by Crippen LogP contribution is -2.33. The lowest BCUT2D eigenvalue weighted by Gasteiger charge is -2.14. The third-order valence-electron chi connectivity index (χ3n) is 3.78. The summed E-state index contributed by atoms with van der Waals surface area (Å²) in [5.41, 5.74) is 0.873. The first-order valence-corrected chi connectivity index (χ1v) is 8.73. The standard InChI is InChI=1S/C18H15NO4S2/c1-23-14-5-4-12-8-11(2-3-13(12)10-14)9-15-17(22)19(18(24)25-15)7-6-16(20)21/h2-5,8-10H,6-7H2,1H3,(H,20,21)/p-1/b15-9-. The van der Waals surface area contributed by atoms with Crippen LogP contribution in [-0.2, 0) is 9.59 Å². The molecule has 128 valence electrons. The maximum Gasteiger partial charge on any atom is 0.266 e. The van der Waals surface area contributed by atoms with Crippen molar-refractivity contribution in [1.29, 1.82) is 0 Å². The van der Waals surface area contributed by atoms with E-state index in [-0.39, 0.29) is 18.9 Å². The first-order chi connectivity index (χ1) is 12.0. The molecule has 3 rings (SSSR count). The van der Waals surface area contributed by atoms with E-state index in [4.69, 9.17) is 17.0 Å². The maximum atomic E-state index is 12.4. The van der Waals surface area contributed by atoms with Crippen LogP contribution in [0.25, 0.3) is 16.8 Å². The Labute approximate surface area is 154 Å². The van der Waals surface area contributed by atoms with Crippen LogP contribution in [-0.4, -0.2) is 34.8 Å². The molecule has 2 aromatic carbocycles. The zero-order chi connectivity index (χ0) is 18.0. The van der Waals surface area contributed by atoms with E-state index in [9.17, 15) is 14.7 Å². The zero-order valence-corrected chi connectivity index (χ0v) is 15.0. The maximum absolute atomic E-state index is 12.4. The molecule has 5 nitrogen and oxygen atoms in total. The number of hydrogen-bond acceptors (Lipinski definition) is 6. The van der Waals surface area contributed by atoms with E-state index < -0.39 is 5.97 Å². The molecule has 0 saturated carbocycles. The van der Waals surface area contributed by atoms with Gasteiger partial charge in [-0.2, -0.15) is 0 Å². The summed E-state index contributed by atoms with van der Waals surface area (Å²) in [6.07, 6.45) is 1.53. The summed E-state index contributed by atoms with van der Waals surface area (Å²) in [4.78, 5) is 24.8. The number of ether oxygens (including phenoxy) is 1. The van der Waals surface area contributed by atoms with E-state index in [1.165, 1.54) is 16.7 Å². The molecule has 0 radical (unpaired) electrons. The largest absolute Gasteiger partial charge is 0.550 e. The van der Waals surface area contributed by atoms with Crippen molar-refractivity contribution >= 4 is 57.0 Å². The monoisotopic (exact) mass is 372 g/mol. The second-order valence-corrected chi connectivity index (χ2v) is 7.10. The summed E-state index contributed by atoms with van der Waals surface area (Å²) in [5, 5.41) is 12.7. The van der Waals surface area contributed by atoms with Crippen LogP contribution in [0.4, 0.5) is 0 Å². The number of aliphatic carboxylic acids is 1. The molecule has 0 spiro atoms. The molecule has 0 unspecified atom stereocenters. The van der Waals surface area contributed by atoms with Crippen LogP contribution in [0.2, 0.25) is 0 Å². The molecule has 25 heavy (non-hydrogen) atoms. The lowest BCUT2D eigenvalue weighted by molar-refractivity contribution is -0.305. The molecular weight excluding hydrogens is 358 g/mol. The lowest BCUT2D eigenvalue weighted by atomic mass is 10.1. The molecule has 1 saturated heterocycles. The normalized spacial score (nSPS) is 16.0. The van der Waals surface area contributed by atoms with Crippen molar-refractivity contribution in [3.8, 4) is 5.75 Å². The minimum Gasteiger partial charge on any atom is -0.550 e. The third-order valence-corrected chi connectivity index (χ3v) is 5.16. The number of benzene rings is 2. The second-order valence-electron chi connectivity index (χ2n) is 5.43. The number of methoxy groups -OCH3 is 1. The van der Waals surface area contributed by atoms with E-state index in [1.54, 1.807) is 13.2 Å². The first kappa shape index (κ1) is 17.4. The molecule has 1 fully saturated rings. The molecule has 0 aliphatic carbocycles. The van der Waals surface area contributed by atoms with Crippen LogP contribution in [0.3, 0.4) is 0 Å². The van der Waals surface area contributed by atoms with Crippen molar-refractivity contribution in [2.75, 3.05) is 13.7 Å². The molecule has 2 aromatic rings. The molecule has 0 bridgehead atoms. The Hall–Kier alpha value is -2.38. The van der Waals surface area contributed by atoms with Crippen molar-refractivity contribution in [3.05, 3.63) is 46.9 Å². The highest BCUT2D eigenvalue weighted by Gasteiger charge is 2.31. The molecule has 1 aliphatic rings. The molecule has 1 amide bonds. The third kappa shape index (κ3) is 3.83. The highest BCUT2D eigenvalue weighted by Crippen LogP contribution is 2.33. The van der Waals surface area contributed by atoms with E-state index in [2.05, 4.69) is 0 Å². The van der Waals surface area contributed by atoms with E-state index in [1.807, 2.05) is 36.4 Å². The molecule has 0 aromatic heterocycles. The number of nitrogens with zero attached hydrogens (tertiary/aromatic N) is 1. The predicted molar refractivity (Wildman–Crippen MR) is 100 cm³/mol. The fourth-order valence-corrected chi connectivity index (χ4v) is 3.81. The van der Waals surface area contributed by atoms with Crippen molar-refractivity contribution in [1.82, 2.24) is 4.90 Å². The molecule has 0 N–H and O–H groups in total. The van der Waals surface area contributed by atoms with Crippen molar-refractivity contribution < 1.29 is 19.4 Å². The summed E-state index contributed by atoms with van der Waals surface area (Å²) in [5.74, 6) is -0.692. The van der Waals surface area contributed by atoms with Gasteiger partial charge >= 0.3 is 0 Å². The molecule has 1 heterocycles. The van der Waals surface area contributed by atoms with Gasteiger partial charge in [0, 0.05) is 18.9 Å². The van der Waals surface area contributed by atoms with Gasteiger partial charge in [-0.25, -0.2) is 0 Å². The van der Waals surface area contributed by atoms with Gasteiger partial charge in [0.05, 0.1) is 12.0 Å². The minimum atomic E-state index is -1.21. The Morgan fingerprint density at radius 2 is 2.00 bits per heavy atom. The van der Waals surface area contributed by atoms with Crippen LogP contribution in [0, 0.1) is 0 Å². The number of rotatable bonds is 5. The SMILES string of the molecule is COc1ccc2cc(/C=C3\SC(=S)N(CCC(=O)[O-])C3=O)ccc2c1. The quantitative estimate of drug-likeness (QED) is 0.592. The van der Waals surface area contributed by atoms with Gasteiger partial charge in [0.1, 0.15) is 10.1 Å². The zero-order valence-electron chi connectivity index (χ0n) is 13.4. The summed E-state index contributed by atoms with van der Waals surface area (Å²) in [6.45, 7) is 0.0296. The van der Waals surface area contributed by atoms with Gasteiger partial charge in [0.15, 0.2) is 0 Å². The van der Waals surface area contributed by atoms with Gasteiger partial charge in [0.2, 0.25) is 0 Å². The average Bonchev–Trinajstić information content (AvgIpc) is 2.86. The van der Waals surface area contributed by atoms with Crippen molar-refractivity contribution in [3.63, 3.8) is 0 Å². The van der Waals surface area contributed by atoms with Gasteiger partial charge in [-0.3, -0.25) is 9.69 Å². The van der Waals surface area contributed by atoms with Crippen LogP contribution < -0.4 is 9.84 Å². The Bertz CT molecular complexity index is 907. The fraction of sp³-hybridized carbons (Fsp3) is 0.167. The number of hydrogen-bond donors (Lipinski definition) is 0. The fourth-order valence-electron chi connectivity index (χ4n) is 2.51. The van der Waals surface area contributed by atoms with E-state index in [0.29, 0.717) is 9.23 Å². The van der Waals surface area contributed by atoms with Gasteiger partial charge < -0.3 is 14.6 Å². The number of thiocarbonyl (C=S) groups is 1. The van der Waals surface area contributed by atoms with Gasteiger partial charge in [-0.05, 0) is 40.6 Å². The molecule has 1 aliphatic heterocycles. The van der Waals surface area contributed by atoms with E-state index >= 15 is 0 Å². The molecule has 7 heteroatoms. The summed E-state index contributed by atoms with van der Waals surface area (Å²) < 4.78 is 5.58. The number of carbonyl (C=O) groups excluding carboxylic acids is 2. The van der Waals surface area contributed by atoms with Crippen LogP contribution in [0.5, 0.6) is 5.75 Å². The van der Waals surface area contributed by atoms with Gasteiger partial charge in [-0.1, -0.05) is 42.2 Å². The number of amides is 1. The second kappa shape index (κ2) is 7.25. The Balaban J connectivity index is 1.85. The molecule has 0 atom stereocenters. The van der Waals surface area contributed by atoms with Crippen molar-refractivity contribution in [2.45, 2.75) is 6.42 Å². The Morgan fingerprint density at radius 3 is 2.72 bits per heavy atom. The summed E-state index contributed by atoms with van der Waals surface area (Å²) in [6, 6.07) is 11.6. The van der Waals surface area contributed by atoms with Gasteiger partial charge in [0.25, 0.3) is 5.91 Å². The highest BCUT2D eigenvalue weighted by molar-refractivity contribution is 8.26. The Kier molecular flexibility index (Phi) is 5.06. The number of carbonyl (C=O) groups is 2.